The number of carbonyl (C=O) groups is 1. The van der Waals surface area contributed by atoms with Gasteiger partial charge in [-0.15, -0.1) is 0 Å². The summed E-state index contributed by atoms with van der Waals surface area (Å²) in [6.07, 6.45) is 35.0. The highest BCUT2D eigenvalue weighted by atomic mass is 19.1. The van der Waals surface area contributed by atoms with Gasteiger partial charge in [0.2, 0.25) is 0 Å². The highest BCUT2D eigenvalue weighted by molar-refractivity contribution is 5.84. The first-order chi connectivity index (χ1) is 34.1. The van der Waals surface area contributed by atoms with E-state index in [-0.39, 0.29) is 6.61 Å². The smallest absolute Gasteiger partial charge is 0.411 e. The Labute approximate surface area is 424 Å². The molecule has 0 unspecified atom stereocenters. The van der Waals surface area contributed by atoms with Crippen molar-refractivity contribution >= 4 is 11.8 Å². The van der Waals surface area contributed by atoms with Crippen LogP contribution in [0.25, 0.3) is 0 Å². The molecule has 1 amide bonds. The first kappa shape index (κ1) is 64.1. The quantitative estimate of drug-likeness (QED) is 0.0312. The molecule has 7 N–H and O–H groups in total. The molecule has 1 heterocycles. The number of aliphatic hydroxyl groups excluding tert-OH is 5. The normalized spacial score (nSPS) is 19.6. The number of benzene rings is 1. The minimum absolute atomic E-state index is 0.207. The number of anilines is 1. The minimum atomic E-state index is -1.74. The van der Waals surface area contributed by atoms with Crippen LogP contribution in [0.2, 0.25) is 0 Å². The molecule has 8 atom stereocenters. The van der Waals surface area contributed by atoms with Gasteiger partial charge in [0.05, 0.1) is 24.9 Å². The number of rotatable bonds is 47. The summed E-state index contributed by atoms with van der Waals surface area (Å²) in [5.74, 6) is -2.02. The van der Waals surface area contributed by atoms with Gasteiger partial charge in [0.25, 0.3) is 0 Å². The third kappa shape index (κ3) is 30.9. The summed E-state index contributed by atoms with van der Waals surface area (Å²) in [6.45, 7) is 4.23. The number of para-hydroxylation sites is 1. The number of carbonyl (C=O) groups excluding carboxylic acids is 1. The van der Waals surface area contributed by atoms with Gasteiger partial charge >= 0.3 is 6.09 Å². The van der Waals surface area contributed by atoms with Crippen LogP contribution < -0.4 is 10.6 Å². The third-order valence-electron chi connectivity index (χ3n) is 14.3. The Balaban J connectivity index is 1.70. The molecular formula is C57H104F2N2O9. The fraction of sp³-hybridized carbons (Fsp3) is 0.877. The molecule has 11 nitrogen and oxygen atoms in total. The summed E-state index contributed by atoms with van der Waals surface area (Å²) in [5.41, 5.74) is -0.710. The van der Waals surface area contributed by atoms with Crippen molar-refractivity contribution in [1.82, 2.24) is 5.32 Å². The SMILES string of the molecule is CCCCCCCCCCCCCCCCCCCCCCCCCCN[C@@H](CO[C@H]1O[C@H](COC(=O)Nc2c(F)cccc2F)[C@H](O)[C@H](O)[C@H]1O)[C@H](O)[C@H](O)CCCCCCCCCCCCCC. The van der Waals surface area contributed by atoms with Crippen LogP contribution in [0.4, 0.5) is 19.3 Å². The summed E-state index contributed by atoms with van der Waals surface area (Å²) in [7, 11) is 0. The molecule has 1 aliphatic heterocycles. The molecule has 1 fully saturated rings. The van der Waals surface area contributed by atoms with Crippen LogP contribution in [-0.2, 0) is 14.2 Å². The van der Waals surface area contributed by atoms with E-state index in [1.807, 2.05) is 5.32 Å². The zero-order chi connectivity index (χ0) is 50.9. The van der Waals surface area contributed by atoms with Crippen molar-refractivity contribution in [3.8, 4) is 0 Å². The Hall–Kier alpha value is -1.97. The topological polar surface area (TPSA) is 170 Å². The molecule has 0 bridgehead atoms. The van der Waals surface area contributed by atoms with Gasteiger partial charge in [0.1, 0.15) is 48.3 Å². The van der Waals surface area contributed by atoms with Crippen LogP contribution in [0.3, 0.4) is 0 Å². The summed E-state index contributed by atoms with van der Waals surface area (Å²) in [4.78, 5) is 12.4. The lowest BCUT2D eigenvalue weighted by atomic mass is 9.98. The first-order valence-corrected chi connectivity index (χ1v) is 28.9. The summed E-state index contributed by atoms with van der Waals surface area (Å²) in [6, 6.07) is 2.33. The standard InChI is InChI=1S/C57H104F2N2O9/c1-3-5-7-9-11-13-15-17-18-19-20-21-22-23-24-25-26-27-28-30-32-34-36-38-43-60-48(52(63)49(62)42-37-35-33-31-29-16-14-12-10-8-6-4-2)44-68-56-55(66)54(65)53(64)50(70-56)45-69-57(67)61-51-46(58)40-39-41-47(51)59/h39-41,48-50,52-56,60,62-66H,3-38,42-45H2,1-2H3,(H,61,67)/t48-,49+,50+,52-,53-,54-,55+,56-/m0/s1. The van der Waals surface area contributed by atoms with Gasteiger partial charge < -0.3 is 45.1 Å². The average molecular weight is 999 g/mol. The molecule has 1 aromatic carbocycles. The molecule has 0 spiro atoms. The van der Waals surface area contributed by atoms with Crippen LogP contribution in [0.15, 0.2) is 18.2 Å². The number of hydrogen-bond donors (Lipinski definition) is 7. The second-order valence-corrected chi connectivity index (χ2v) is 20.6. The van der Waals surface area contributed by atoms with Crippen LogP contribution in [-0.4, -0.2) is 100 Å². The van der Waals surface area contributed by atoms with Crippen LogP contribution in [0.1, 0.15) is 251 Å². The summed E-state index contributed by atoms with van der Waals surface area (Å²) >= 11 is 0. The molecule has 0 saturated carbocycles. The van der Waals surface area contributed by atoms with Crippen LogP contribution in [0.5, 0.6) is 0 Å². The lowest BCUT2D eigenvalue weighted by Gasteiger charge is -2.40. The summed E-state index contributed by atoms with van der Waals surface area (Å²) < 4.78 is 44.8. The number of aliphatic hydroxyl groups is 5. The van der Waals surface area contributed by atoms with E-state index in [9.17, 15) is 39.1 Å². The lowest BCUT2D eigenvalue weighted by molar-refractivity contribution is -0.302. The molecule has 1 saturated heterocycles. The average Bonchev–Trinajstić information content (AvgIpc) is 3.35. The highest BCUT2D eigenvalue weighted by Crippen LogP contribution is 2.25. The van der Waals surface area contributed by atoms with Crippen LogP contribution in [0, 0.1) is 11.6 Å². The molecule has 1 aromatic rings. The maximum absolute atomic E-state index is 14.0. The lowest BCUT2D eigenvalue weighted by Crippen LogP contribution is -2.60. The van der Waals surface area contributed by atoms with Gasteiger partial charge in [0.15, 0.2) is 6.29 Å². The monoisotopic (exact) mass is 999 g/mol. The largest absolute Gasteiger partial charge is 0.446 e. The van der Waals surface area contributed by atoms with Crippen molar-refractivity contribution in [3.63, 3.8) is 0 Å². The van der Waals surface area contributed by atoms with Gasteiger partial charge in [0, 0.05) is 0 Å². The zero-order valence-corrected chi connectivity index (χ0v) is 44.3. The number of unbranched alkanes of at least 4 members (excludes halogenated alkanes) is 34. The van der Waals surface area contributed by atoms with Crippen molar-refractivity contribution in [2.75, 3.05) is 25.1 Å². The van der Waals surface area contributed by atoms with Crippen molar-refractivity contribution < 1.29 is 53.3 Å². The molecule has 410 valence electrons. The Morgan fingerprint density at radius 3 is 1.37 bits per heavy atom. The number of hydrogen-bond acceptors (Lipinski definition) is 10. The first-order valence-electron chi connectivity index (χ1n) is 28.9. The number of amides is 1. The van der Waals surface area contributed by atoms with Crippen molar-refractivity contribution in [1.29, 1.82) is 0 Å². The van der Waals surface area contributed by atoms with E-state index in [4.69, 9.17) is 14.2 Å². The molecule has 70 heavy (non-hydrogen) atoms. The van der Waals surface area contributed by atoms with E-state index >= 15 is 0 Å². The molecule has 0 radical (unpaired) electrons. The van der Waals surface area contributed by atoms with Gasteiger partial charge in [-0.25, -0.2) is 13.6 Å². The molecule has 0 aliphatic carbocycles. The molecule has 13 heteroatoms. The number of halogens is 2. The van der Waals surface area contributed by atoms with E-state index in [1.165, 1.54) is 186 Å². The van der Waals surface area contributed by atoms with Crippen molar-refractivity contribution in [2.45, 2.75) is 300 Å². The second kappa shape index (κ2) is 43.4. The fourth-order valence-electron chi connectivity index (χ4n) is 9.59. The van der Waals surface area contributed by atoms with Gasteiger partial charge in [-0.3, -0.25) is 5.32 Å². The Kier molecular flexibility index (Phi) is 39.8. The van der Waals surface area contributed by atoms with Crippen molar-refractivity contribution in [2.24, 2.45) is 0 Å². The van der Waals surface area contributed by atoms with Gasteiger partial charge in [-0.05, 0) is 31.5 Å². The van der Waals surface area contributed by atoms with E-state index in [2.05, 4.69) is 19.2 Å². The Bertz CT molecular complexity index is 1350. The fourth-order valence-corrected chi connectivity index (χ4v) is 9.59. The van der Waals surface area contributed by atoms with E-state index in [0.29, 0.717) is 13.0 Å². The Morgan fingerprint density at radius 2 is 0.957 bits per heavy atom. The van der Waals surface area contributed by atoms with Crippen LogP contribution >= 0.6 is 0 Å². The van der Waals surface area contributed by atoms with E-state index in [0.717, 1.165) is 63.1 Å². The van der Waals surface area contributed by atoms with Gasteiger partial charge in [-0.2, -0.15) is 0 Å². The number of nitrogens with one attached hydrogen (secondary N) is 2. The van der Waals surface area contributed by atoms with Gasteiger partial charge in [-0.1, -0.05) is 245 Å². The molecular weight excluding hydrogens is 895 g/mol. The Morgan fingerprint density at radius 1 is 0.571 bits per heavy atom. The predicted octanol–water partition coefficient (Wildman–Crippen LogP) is 13.5. The number of ether oxygens (including phenoxy) is 3. The molecule has 2 rings (SSSR count). The highest BCUT2D eigenvalue weighted by Gasteiger charge is 2.45. The maximum Gasteiger partial charge on any atom is 0.411 e. The zero-order valence-electron chi connectivity index (χ0n) is 44.3. The molecule has 0 aromatic heterocycles. The van der Waals surface area contributed by atoms with E-state index < -0.39 is 79.0 Å². The molecule has 1 aliphatic rings. The summed E-state index contributed by atoms with van der Waals surface area (Å²) in [5, 5.41) is 59.9. The van der Waals surface area contributed by atoms with E-state index in [1.54, 1.807) is 0 Å². The minimum Gasteiger partial charge on any atom is -0.446 e. The third-order valence-corrected chi connectivity index (χ3v) is 14.3. The maximum atomic E-state index is 14.0. The second-order valence-electron chi connectivity index (χ2n) is 20.6. The predicted molar refractivity (Wildman–Crippen MR) is 280 cm³/mol. The van der Waals surface area contributed by atoms with Crippen molar-refractivity contribution in [3.05, 3.63) is 29.8 Å².